The number of hydrogen-bond acceptors (Lipinski definition) is 3. The molecule has 5 heteroatoms. The summed E-state index contributed by atoms with van der Waals surface area (Å²) in [6, 6.07) is 3.49. The summed E-state index contributed by atoms with van der Waals surface area (Å²) in [5, 5.41) is 0. The Bertz CT molecular complexity index is 390. The molecule has 0 aromatic carbocycles. The molecule has 0 radical (unpaired) electrons. The van der Waals surface area contributed by atoms with E-state index in [0.29, 0.717) is 10.3 Å². The first-order chi connectivity index (χ1) is 6.70. The van der Waals surface area contributed by atoms with Crippen LogP contribution in [0.1, 0.15) is 12.8 Å². The standard InChI is InChI=1S/C9H7BrN2O2/c10-6-2-1-5-11-9(6)12-7(13)3-4-8(12)14/h1-2,5H,3-4H2. The van der Waals surface area contributed by atoms with Gasteiger partial charge >= 0.3 is 0 Å². The van der Waals surface area contributed by atoms with E-state index in [1.54, 1.807) is 18.3 Å². The Hall–Kier alpha value is -1.23. The molecule has 2 rings (SSSR count). The van der Waals surface area contributed by atoms with Crippen LogP contribution in [0, 0.1) is 0 Å². The number of hydrogen-bond donors (Lipinski definition) is 0. The molecule has 2 heterocycles. The minimum absolute atomic E-state index is 0.186. The molecule has 1 aromatic rings. The van der Waals surface area contributed by atoms with Crippen molar-refractivity contribution in [3.05, 3.63) is 22.8 Å². The average Bonchev–Trinajstić information content (AvgIpc) is 2.48. The lowest BCUT2D eigenvalue weighted by Crippen LogP contribution is -2.29. The lowest BCUT2D eigenvalue weighted by molar-refractivity contribution is -0.121. The zero-order valence-corrected chi connectivity index (χ0v) is 8.82. The summed E-state index contributed by atoms with van der Waals surface area (Å²) < 4.78 is 0.656. The van der Waals surface area contributed by atoms with Crippen molar-refractivity contribution < 1.29 is 9.59 Å². The van der Waals surface area contributed by atoms with Crippen molar-refractivity contribution in [1.29, 1.82) is 0 Å². The first-order valence-electron chi connectivity index (χ1n) is 4.16. The highest BCUT2D eigenvalue weighted by Crippen LogP contribution is 2.27. The predicted molar refractivity (Wildman–Crippen MR) is 53.7 cm³/mol. The van der Waals surface area contributed by atoms with Crippen LogP contribution in [-0.2, 0) is 9.59 Å². The van der Waals surface area contributed by atoms with Crippen molar-refractivity contribution in [2.45, 2.75) is 12.8 Å². The highest BCUT2D eigenvalue weighted by atomic mass is 79.9. The molecule has 0 atom stereocenters. The molecule has 1 aliphatic heterocycles. The molecule has 0 unspecified atom stereocenters. The first-order valence-corrected chi connectivity index (χ1v) is 4.96. The molecule has 1 aliphatic rings. The Labute approximate surface area is 89.1 Å². The summed E-state index contributed by atoms with van der Waals surface area (Å²) >= 11 is 3.25. The fourth-order valence-corrected chi connectivity index (χ4v) is 1.79. The number of anilines is 1. The van der Waals surface area contributed by atoms with E-state index in [2.05, 4.69) is 20.9 Å². The number of amides is 2. The maximum absolute atomic E-state index is 11.4. The quantitative estimate of drug-likeness (QED) is 0.714. The number of rotatable bonds is 1. The van der Waals surface area contributed by atoms with Gasteiger partial charge in [-0.2, -0.15) is 0 Å². The molecule has 1 fully saturated rings. The van der Waals surface area contributed by atoms with Crippen LogP contribution in [0.5, 0.6) is 0 Å². The smallest absolute Gasteiger partial charge is 0.235 e. The second-order valence-corrected chi connectivity index (χ2v) is 3.79. The molecule has 0 spiro atoms. The van der Waals surface area contributed by atoms with Gasteiger partial charge in [0.2, 0.25) is 11.8 Å². The number of halogens is 1. The second-order valence-electron chi connectivity index (χ2n) is 2.93. The van der Waals surface area contributed by atoms with Gasteiger partial charge < -0.3 is 0 Å². The lowest BCUT2D eigenvalue weighted by atomic mass is 10.4. The van der Waals surface area contributed by atoms with Gasteiger partial charge in [-0.3, -0.25) is 9.59 Å². The predicted octanol–water partition coefficient (Wildman–Crippen LogP) is 1.50. The van der Waals surface area contributed by atoms with Gasteiger partial charge in [0, 0.05) is 19.0 Å². The number of pyridine rings is 1. The second kappa shape index (κ2) is 3.49. The number of imide groups is 1. The van der Waals surface area contributed by atoms with Crippen LogP contribution >= 0.6 is 15.9 Å². The Balaban J connectivity index is 2.44. The molecular weight excluding hydrogens is 248 g/mol. The van der Waals surface area contributed by atoms with Crippen molar-refractivity contribution in [2.24, 2.45) is 0 Å². The zero-order valence-electron chi connectivity index (χ0n) is 7.24. The van der Waals surface area contributed by atoms with Crippen LogP contribution in [0.15, 0.2) is 22.8 Å². The normalized spacial score (nSPS) is 16.5. The van der Waals surface area contributed by atoms with Gasteiger partial charge in [0.1, 0.15) is 0 Å². The lowest BCUT2D eigenvalue weighted by Gasteiger charge is -2.13. The number of nitrogens with zero attached hydrogens (tertiary/aromatic N) is 2. The highest BCUT2D eigenvalue weighted by molar-refractivity contribution is 9.10. The van der Waals surface area contributed by atoms with Crippen molar-refractivity contribution in [1.82, 2.24) is 4.98 Å². The molecule has 4 nitrogen and oxygen atoms in total. The van der Waals surface area contributed by atoms with Gasteiger partial charge in [0.05, 0.1) is 4.47 Å². The summed E-state index contributed by atoms with van der Waals surface area (Å²) in [4.78, 5) is 27.9. The molecule has 2 amide bonds. The number of aromatic nitrogens is 1. The first kappa shape index (κ1) is 9.33. The Morgan fingerprint density at radius 3 is 2.50 bits per heavy atom. The van der Waals surface area contributed by atoms with Crippen LogP contribution in [0.25, 0.3) is 0 Å². The molecule has 0 N–H and O–H groups in total. The minimum Gasteiger partial charge on any atom is -0.274 e. The van der Waals surface area contributed by atoms with E-state index in [1.807, 2.05) is 0 Å². The summed E-state index contributed by atoms with van der Waals surface area (Å²) in [7, 11) is 0. The van der Waals surface area contributed by atoms with Gasteiger partial charge in [-0.15, -0.1) is 0 Å². The molecule has 1 aromatic heterocycles. The maximum Gasteiger partial charge on any atom is 0.235 e. The van der Waals surface area contributed by atoms with E-state index in [-0.39, 0.29) is 24.7 Å². The SMILES string of the molecule is O=C1CCC(=O)N1c1ncccc1Br. The molecule has 1 saturated heterocycles. The number of carbonyl (C=O) groups excluding carboxylic acids is 2. The average molecular weight is 255 g/mol. The fraction of sp³-hybridized carbons (Fsp3) is 0.222. The Morgan fingerprint density at radius 2 is 1.93 bits per heavy atom. The van der Waals surface area contributed by atoms with E-state index in [1.165, 1.54) is 0 Å². The van der Waals surface area contributed by atoms with Crippen molar-refractivity contribution in [2.75, 3.05) is 4.90 Å². The van der Waals surface area contributed by atoms with E-state index < -0.39 is 0 Å². The Kier molecular flexibility index (Phi) is 2.33. The van der Waals surface area contributed by atoms with Gasteiger partial charge in [-0.05, 0) is 28.1 Å². The van der Waals surface area contributed by atoms with Crippen LogP contribution in [0.4, 0.5) is 5.82 Å². The van der Waals surface area contributed by atoms with Crippen LogP contribution < -0.4 is 4.90 Å². The van der Waals surface area contributed by atoms with Crippen LogP contribution in [-0.4, -0.2) is 16.8 Å². The summed E-state index contributed by atoms with van der Waals surface area (Å²) in [6.45, 7) is 0. The molecule has 0 saturated carbocycles. The van der Waals surface area contributed by atoms with Gasteiger partial charge in [-0.25, -0.2) is 9.88 Å². The monoisotopic (exact) mass is 254 g/mol. The molecule has 14 heavy (non-hydrogen) atoms. The largest absolute Gasteiger partial charge is 0.274 e. The van der Waals surface area contributed by atoms with Gasteiger partial charge in [0.15, 0.2) is 5.82 Å². The third-order valence-electron chi connectivity index (χ3n) is 2.00. The molecule has 0 aliphatic carbocycles. The van der Waals surface area contributed by atoms with E-state index in [4.69, 9.17) is 0 Å². The number of carbonyl (C=O) groups is 2. The summed E-state index contributed by atoms with van der Waals surface area (Å²) in [5.41, 5.74) is 0. The molecule has 72 valence electrons. The Morgan fingerprint density at radius 1 is 1.29 bits per heavy atom. The van der Waals surface area contributed by atoms with Crippen LogP contribution in [0.2, 0.25) is 0 Å². The van der Waals surface area contributed by atoms with Gasteiger partial charge in [-0.1, -0.05) is 0 Å². The molecule has 0 bridgehead atoms. The van der Waals surface area contributed by atoms with E-state index in [9.17, 15) is 9.59 Å². The zero-order chi connectivity index (χ0) is 10.1. The summed E-state index contributed by atoms with van der Waals surface area (Å²) in [5.74, 6) is 0.0174. The van der Waals surface area contributed by atoms with Gasteiger partial charge in [0.25, 0.3) is 0 Å². The third kappa shape index (κ3) is 1.43. The van der Waals surface area contributed by atoms with Crippen molar-refractivity contribution in [3.8, 4) is 0 Å². The fourth-order valence-electron chi connectivity index (χ4n) is 1.35. The third-order valence-corrected chi connectivity index (χ3v) is 2.62. The minimum atomic E-state index is -0.186. The van der Waals surface area contributed by atoms with Crippen molar-refractivity contribution >= 4 is 33.6 Å². The molecular formula is C9H7BrN2O2. The van der Waals surface area contributed by atoms with E-state index >= 15 is 0 Å². The van der Waals surface area contributed by atoms with Crippen molar-refractivity contribution in [3.63, 3.8) is 0 Å². The van der Waals surface area contributed by atoms with Crippen LogP contribution in [0.3, 0.4) is 0 Å². The van der Waals surface area contributed by atoms with E-state index in [0.717, 1.165) is 4.90 Å². The maximum atomic E-state index is 11.4. The topological polar surface area (TPSA) is 50.3 Å². The highest BCUT2D eigenvalue weighted by Gasteiger charge is 2.32. The summed E-state index contributed by atoms with van der Waals surface area (Å²) in [6.07, 6.45) is 2.11.